The Bertz CT molecular complexity index is 671. The number of carbonyl (C=O) groups excluding carboxylic acids is 1. The van der Waals surface area contributed by atoms with Crippen LogP contribution >= 0.6 is 0 Å². The fourth-order valence-electron chi connectivity index (χ4n) is 2.36. The number of nitrogens with zero attached hydrogens (tertiary/aromatic N) is 1. The fourth-order valence-corrected chi connectivity index (χ4v) is 2.36. The lowest BCUT2D eigenvalue weighted by atomic mass is 10.1. The van der Waals surface area contributed by atoms with E-state index in [9.17, 15) is 18.0 Å². The Hall–Kier alpha value is -2.50. The van der Waals surface area contributed by atoms with E-state index in [1.165, 1.54) is 30.1 Å². The third-order valence-corrected chi connectivity index (χ3v) is 3.61. The van der Waals surface area contributed by atoms with E-state index in [4.69, 9.17) is 0 Å². The van der Waals surface area contributed by atoms with Crippen molar-refractivity contribution in [2.24, 2.45) is 0 Å². The van der Waals surface area contributed by atoms with Crippen LogP contribution in [0.4, 0.5) is 18.0 Å². The molecule has 3 nitrogen and oxygen atoms in total. The molecule has 1 N–H and O–H groups in total. The van der Waals surface area contributed by atoms with Gasteiger partial charge >= 0.3 is 12.2 Å². The molecule has 0 saturated heterocycles. The van der Waals surface area contributed by atoms with Gasteiger partial charge in [0.1, 0.15) is 0 Å². The molecule has 0 spiro atoms. The zero-order chi connectivity index (χ0) is 17.6. The molecule has 0 aliphatic carbocycles. The number of alkyl halides is 3. The molecule has 0 heterocycles. The van der Waals surface area contributed by atoms with Crippen LogP contribution in [0.3, 0.4) is 0 Å². The van der Waals surface area contributed by atoms with E-state index in [0.717, 1.165) is 11.6 Å². The van der Waals surface area contributed by atoms with E-state index in [0.29, 0.717) is 13.0 Å². The Morgan fingerprint density at radius 2 is 1.67 bits per heavy atom. The molecular weight excluding hydrogens is 317 g/mol. The standard InChI is InChI=1S/C18H19F3N2O/c1-23(13-15-9-5-6-10-16(15)18(19,20)21)17(24)22-12-11-14-7-3-2-4-8-14/h2-10H,11-13H2,1H3,(H,22,24). The predicted molar refractivity (Wildman–Crippen MR) is 86.5 cm³/mol. The van der Waals surface area contributed by atoms with E-state index < -0.39 is 17.8 Å². The summed E-state index contributed by atoms with van der Waals surface area (Å²) in [5.74, 6) is 0. The van der Waals surface area contributed by atoms with E-state index in [-0.39, 0.29) is 12.1 Å². The van der Waals surface area contributed by atoms with Gasteiger partial charge in [-0.2, -0.15) is 13.2 Å². The van der Waals surface area contributed by atoms with Gasteiger partial charge in [-0.15, -0.1) is 0 Å². The predicted octanol–water partition coefficient (Wildman–Crippen LogP) is 4.09. The normalized spacial score (nSPS) is 11.2. The van der Waals surface area contributed by atoms with E-state index in [2.05, 4.69) is 5.32 Å². The second kappa shape index (κ2) is 7.86. The van der Waals surface area contributed by atoms with Crippen molar-refractivity contribution in [2.75, 3.05) is 13.6 Å². The summed E-state index contributed by atoms with van der Waals surface area (Å²) >= 11 is 0. The molecule has 2 rings (SSSR count). The minimum absolute atomic E-state index is 0.0747. The first-order chi connectivity index (χ1) is 11.4. The first-order valence-corrected chi connectivity index (χ1v) is 7.56. The van der Waals surface area contributed by atoms with Crippen molar-refractivity contribution in [1.29, 1.82) is 0 Å². The van der Waals surface area contributed by atoms with Crippen LogP contribution in [0.2, 0.25) is 0 Å². The molecule has 24 heavy (non-hydrogen) atoms. The van der Waals surface area contributed by atoms with Crippen molar-refractivity contribution < 1.29 is 18.0 Å². The summed E-state index contributed by atoms with van der Waals surface area (Å²) in [6.07, 6.45) is -3.76. The molecular formula is C18H19F3N2O. The van der Waals surface area contributed by atoms with Crippen molar-refractivity contribution in [3.05, 3.63) is 71.3 Å². The first kappa shape index (κ1) is 17.8. The second-order valence-corrected chi connectivity index (χ2v) is 5.48. The molecule has 0 aliphatic heterocycles. The Morgan fingerprint density at radius 3 is 2.33 bits per heavy atom. The van der Waals surface area contributed by atoms with Gasteiger partial charge in [0, 0.05) is 20.1 Å². The summed E-state index contributed by atoms with van der Waals surface area (Å²) in [6, 6.07) is 14.5. The average Bonchev–Trinajstić information content (AvgIpc) is 2.55. The smallest absolute Gasteiger partial charge is 0.338 e. The monoisotopic (exact) mass is 336 g/mol. The molecule has 0 bridgehead atoms. The lowest BCUT2D eigenvalue weighted by Crippen LogP contribution is -2.38. The summed E-state index contributed by atoms with van der Waals surface area (Å²) in [7, 11) is 1.48. The summed E-state index contributed by atoms with van der Waals surface area (Å²) < 4.78 is 38.9. The fraction of sp³-hybridized carbons (Fsp3) is 0.278. The molecule has 0 aliphatic rings. The number of hydrogen-bond donors (Lipinski definition) is 1. The maximum absolute atomic E-state index is 13.0. The van der Waals surface area contributed by atoms with Crippen molar-refractivity contribution in [3.8, 4) is 0 Å². The number of nitrogens with one attached hydrogen (secondary N) is 1. The Balaban J connectivity index is 1.90. The molecule has 2 amide bonds. The molecule has 2 aromatic carbocycles. The number of benzene rings is 2. The third-order valence-electron chi connectivity index (χ3n) is 3.61. The van der Waals surface area contributed by atoms with Gasteiger partial charge in [0.25, 0.3) is 0 Å². The minimum Gasteiger partial charge on any atom is -0.338 e. The van der Waals surface area contributed by atoms with Gasteiger partial charge in [0.2, 0.25) is 0 Å². The van der Waals surface area contributed by atoms with Crippen LogP contribution in [-0.4, -0.2) is 24.5 Å². The summed E-state index contributed by atoms with van der Waals surface area (Å²) in [5.41, 5.74) is 0.447. The molecule has 0 aromatic heterocycles. The SMILES string of the molecule is CN(Cc1ccccc1C(F)(F)F)C(=O)NCCc1ccccc1. The summed E-state index contributed by atoms with van der Waals surface area (Å²) in [5, 5.41) is 2.72. The van der Waals surface area contributed by atoms with Crippen LogP contribution in [0.25, 0.3) is 0 Å². The van der Waals surface area contributed by atoms with E-state index >= 15 is 0 Å². The lowest BCUT2D eigenvalue weighted by Gasteiger charge is -2.20. The molecule has 128 valence electrons. The number of hydrogen-bond acceptors (Lipinski definition) is 1. The molecule has 0 fully saturated rings. The highest BCUT2D eigenvalue weighted by Crippen LogP contribution is 2.32. The van der Waals surface area contributed by atoms with E-state index in [1.54, 1.807) is 0 Å². The average molecular weight is 336 g/mol. The number of rotatable bonds is 5. The Labute approximate surface area is 139 Å². The van der Waals surface area contributed by atoms with Gasteiger partial charge in [-0.25, -0.2) is 4.79 Å². The number of carbonyl (C=O) groups is 1. The van der Waals surface area contributed by atoms with Crippen LogP contribution < -0.4 is 5.32 Å². The van der Waals surface area contributed by atoms with Crippen LogP contribution in [-0.2, 0) is 19.1 Å². The van der Waals surface area contributed by atoms with Crippen molar-refractivity contribution in [1.82, 2.24) is 10.2 Å². The van der Waals surface area contributed by atoms with Gasteiger partial charge in [-0.3, -0.25) is 0 Å². The number of urea groups is 1. The quantitative estimate of drug-likeness (QED) is 0.876. The first-order valence-electron chi connectivity index (χ1n) is 7.56. The highest BCUT2D eigenvalue weighted by atomic mass is 19.4. The van der Waals surface area contributed by atoms with Crippen LogP contribution in [0.5, 0.6) is 0 Å². The molecule has 0 saturated carbocycles. The van der Waals surface area contributed by atoms with Crippen molar-refractivity contribution in [2.45, 2.75) is 19.1 Å². The van der Waals surface area contributed by atoms with E-state index in [1.807, 2.05) is 30.3 Å². The number of halogens is 3. The Kier molecular flexibility index (Phi) is 5.84. The molecule has 0 unspecified atom stereocenters. The van der Waals surface area contributed by atoms with Gasteiger partial charge in [0.15, 0.2) is 0 Å². The van der Waals surface area contributed by atoms with Gasteiger partial charge in [0.05, 0.1) is 5.56 Å². The second-order valence-electron chi connectivity index (χ2n) is 5.48. The van der Waals surface area contributed by atoms with Crippen LogP contribution in [0.1, 0.15) is 16.7 Å². The van der Waals surface area contributed by atoms with Crippen LogP contribution in [0, 0.1) is 0 Å². The maximum atomic E-state index is 13.0. The molecule has 6 heteroatoms. The molecule has 2 aromatic rings. The minimum atomic E-state index is -4.43. The zero-order valence-electron chi connectivity index (χ0n) is 13.3. The van der Waals surface area contributed by atoms with Crippen molar-refractivity contribution >= 4 is 6.03 Å². The summed E-state index contributed by atoms with van der Waals surface area (Å²) in [6.45, 7) is 0.320. The van der Waals surface area contributed by atoms with Crippen LogP contribution in [0.15, 0.2) is 54.6 Å². The highest BCUT2D eigenvalue weighted by Gasteiger charge is 2.33. The van der Waals surface area contributed by atoms with Gasteiger partial charge in [-0.1, -0.05) is 48.5 Å². The number of amides is 2. The van der Waals surface area contributed by atoms with Gasteiger partial charge < -0.3 is 10.2 Å². The van der Waals surface area contributed by atoms with Gasteiger partial charge in [-0.05, 0) is 23.6 Å². The maximum Gasteiger partial charge on any atom is 0.416 e. The molecule has 0 radical (unpaired) electrons. The molecule has 0 atom stereocenters. The topological polar surface area (TPSA) is 32.3 Å². The van der Waals surface area contributed by atoms with Crippen molar-refractivity contribution in [3.63, 3.8) is 0 Å². The Morgan fingerprint density at radius 1 is 1.04 bits per heavy atom. The highest BCUT2D eigenvalue weighted by molar-refractivity contribution is 5.73. The third kappa shape index (κ3) is 5.01. The summed E-state index contributed by atoms with van der Waals surface area (Å²) in [4.78, 5) is 13.3. The largest absolute Gasteiger partial charge is 0.416 e. The lowest BCUT2D eigenvalue weighted by molar-refractivity contribution is -0.138. The zero-order valence-corrected chi connectivity index (χ0v) is 13.3.